The number of hydrogen-bond donors (Lipinski definition) is 3. The van der Waals surface area contributed by atoms with Crippen molar-refractivity contribution in [2.24, 2.45) is 5.41 Å². The van der Waals surface area contributed by atoms with Crippen LogP contribution in [0.4, 0.5) is 11.6 Å². The molecule has 184 valence electrons. The zero-order valence-electron chi connectivity index (χ0n) is 20.4. The molecule has 0 spiro atoms. The van der Waals surface area contributed by atoms with Crippen LogP contribution in [0.5, 0.6) is 0 Å². The van der Waals surface area contributed by atoms with Crippen molar-refractivity contribution in [2.75, 3.05) is 23.3 Å². The summed E-state index contributed by atoms with van der Waals surface area (Å²) in [6.07, 6.45) is 2.04. The van der Waals surface area contributed by atoms with E-state index in [2.05, 4.69) is 28.8 Å². The van der Waals surface area contributed by atoms with Crippen LogP contribution in [0, 0.1) is 17.1 Å². The number of hydrogen-bond acceptors (Lipinski definition) is 7. The molecule has 3 heterocycles. The van der Waals surface area contributed by atoms with Gasteiger partial charge < -0.3 is 14.6 Å². The highest BCUT2D eigenvalue weighted by Crippen LogP contribution is 2.36. The van der Waals surface area contributed by atoms with Crippen LogP contribution in [0.2, 0.25) is 0 Å². The van der Waals surface area contributed by atoms with Crippen molar-refractivity contribution in [3.05, 3.63) is 63.3 Å². The summed E-state index contributed by atoms with van der Waals surface area (Å²) in [5.74, 6) is 0.0533. The van der Waals surface area contributed by atoms with Crippen LogP contribution < -0.4 is 20.4 Å². The molecule has 2 aliphatic rings. The van der Waals surface area contributed by atoms with Crippen LogP contribution in [0.3, 0.4) is 0 Å². The molecule has 3 aromatic rings. The number of benzene rings is 2. The highest BCUT2D eigenvalue weighted by molar-refractivity contribution is 7.91. The smallest absolute Gasteiger partial charge is 0.265 e. The summed E-state index contributed by atoms with van der Waals surface area (Å²) >= 11 is 0. The third kappa shape index (κ3) is 4.18. The summed E-state index contributed by atoms with van der Waals surface area (Å²) < 4.78 is 29.5. The van der Waals surface area contributed by atoms with Gasteiger partial charge in [0.25, 0.3) is 5.91 Å². The second-order valence-corrected chi connectivity index (χ2v) is 12.1. The molecule has 1 amide bonds. The van der Waals surface area contributed by atoms with Gasteiger partial charge in [0.1, 0.15) is 10.5 Å². The third-order valence-corrected chi connectivity index (χ3v) is 8.53. The average molecular weight is 495 g/mol. The largest absolute Gasteiger partial charge is 0.440 e. The quantitative estimate of drug-likeness (QED) is 0.472. The predicted octanol–water partition coefficient (Wildman–Crippen LogP) is 4.96. The predicted molar refractivity (Wildman–Crippen MR) is 138 cm³/mol. The molecule has 1 aromatic heterocycles. The van der Waals surface area contributed by atoms with Crippen molar-refractivity contribution in [3.63, 3.8) is 0 Å². The number of nitrogens with zero attached hydrogens (tertiary/aromatic N) is 1. The van der Waals surface area contributed by atoms with Crippen LogP contribution in [0.25, 0.3) is 11.0 Å². The number of aryl methyl sites for hydroxylation is 1. The Morgan fingerprint density at radius 2 is 1.89 bits per heavy atom. The van der Waals surface area contributed by atoms with Crippen molar-refractivity contribution in [1.29, 1.82) is 4.78 Å². The zero-order chi connectivity index (χ0) is 25.1. The summed E-state index contributed by atoms with van der Waals surface area (Å²) in [6.45, 7) is 10.0. The number of amides is 1. The Bertz CT molecular complexity index is 1510. The number of carbonyl (C=O) groups is 1. The van der Waals surface area contributed by atoms with Gasteiger partial charge in [-0.2, -0.15) is 0 Å². The maximum Gasteiger partial charge on any atom is 0.265 e. The number of anilines is 2. The Balaban J connectivity index is 1.57. The number of nitrogens with one attached hydrogen (secondary N) is 3. The highest BCUT2D eigenvalue weighted by Gasteiger charge is 2.33. The maximum absolute atomic E-state index is 13.1. The highest BCUT2D eigenvalue weighted by atomic mass is 32.2. The molecule has 5 rings (SSSR count). The van der Waals surface area contributed by atoms with Crippen molar-refractivity contribution < 1.29 is 13.4 Å². The first-order chi connectivity index (χ1) is 16.4. The van der Waals surface area contributed by atoms with Crippen molar-refractivity contribution in [2.45, 2.75) is 51.5 Å². The van der Waals surface area contributed by atoms with Crippen molar-refractivity contribution in [1.82, 2.24) is 4.72 Å². The molecule has 2 unspecified atom stereocenters. The maximum atomic E-state index is 13.1. The SMILES string of the molecule is Cc1cc(C(C)Nc2cccc3c2S(=N)(=O)NC3=O)c2oc(N3CCC(C)(C)CC3)cc(=O)c2c1. The summed E-state index contributed by atoms with van der Waals surface area (Å²) in [7, 11) is -3.44. The molecular weight excluding hydrogens is 464 g/mol. The molecule has 0 bridgehead atoms. The Kier molecular flexibility index (Phi) is 5.43. The van der Waals surface area contributed by atoms with E-state index in [0.717, 1.165) is 37.1 Å². The number of rotatable bonds is 4. The van der Waals surface area contributed by atoms with E-state index in [1.165, 1.54) is 0 Å². The van der Waals surface area contributed by atoms with Gasteiger partial charge in [0.2, 0.25) is 0 Å². The molecule has 9 heteroatoms. The summed E-state index contributed by atoms with van der Waals surface area (Å²) in [5, 5.41) is 3.82. The second kappa shape index (κ2) is 8.12. The van der Waals surface area contributed by atoms with E-state index < -0.39 is 15.8 Å². The van der Waals surface area contributed by atoms with E-state index in [4.69, 9.17) is 9.20 Å². The second-order valence-electron chi connectivity index (χ2n) is 10.4. The first kappa shape index (κ1) is 23.4. The molecule has 8 nitrogen and oxygen atoms in total. The number of fused-ring (bicyclic) bond motifs is 2. The standard InChI is InChI=1S/C26H30N4O4S/c1-15-12-18(16(2)28-20-7-5-6-17-24(20)35(27,33)29-25(17)32)23-19(13-15)21(31)14-22(34-23)30-10-8-26(3,4)9-11-30/h5-7,12-14,16,28H,8-11H2,1-4H3,(H2,27,29,32,33). The first-order valence-electron chi connectivity index (χ1n) is 11.8. The third-order valence-electron chi connectivity index (χ3n) is 7.04. The van der Waals surface area contributed by atoms with E-state index >= 15 is 0 Å². The lowest BCUT2D eigenvalue weighted by Gasteiger charge is -2.37. The van der Waals surface area contributed by atoms with E-state index in [-0.39, 0.29) is 27.3 Å². The molecule has 3 N–H and O–H groups in total. The molecule has 2 aromatic carbocycles. The minimum atomic E-state index is -3.44. The topological polar surface area (TPSA) is 116 Å². The molecule has 2 aliphatic heterocycles. The van der Waals surface area contributed by atoms with E-state index in [1.807, 2.05) is 26.0 Å². The average Bonchev–Trinajstić information content (AvgIpc) is 3.02. The van der Waals surface area contributed by atoms with Gasteiger partial charge in [-0.15, -0.1) is 0 Å². The van der Waals surface area contributed by atoms with Gasteiger partial charge in [-0.1, -0.05) is 26.0 Å². The minimum Gasteiger partial charge on any atom is -0.440 e. The van der Waals surface area contributed by atoms with Gasteiger partial charge in [0, 0.05) is 24.7 Å². The Morgan fingerprint density at radius 1 is 1.17 bits per heavy atom. The lowest BCUT2D eigenvalue weighted by Crippen LogP contribution is -2.37. The van der Waals surface area contributed by atoms with Crippen molar-refractivity contribution in [3.8, 4) is 0 Å². The Hall–Kier alpha value is -3.33. The fourth-order valence-corrected chi connectivity index (χ4v) is 6.30. The number of carbonyl (C=O) groups excluding carboxylic acids is 1. The van der Waals surface area contributed by atoms with E-state index in [1.54, 1.807) is 24.3 Å². The normalized spacial score (nSPS) is 22.1. The summed E-state index contributed by atoms with van der Waals surface area (Å²) in [4.78, 5) is 27.6. The van der Waals surface area contributed by atoms with Gasteiger partial charge in [-0.3, -0.25) is 14.3 Å². The van der Waals surface area contributed by atoms with Crippen LogP contribution in [-0.4, -0.2) is 23.2 Å². The summed E-state index contributed by atoms with van der Waals surface area (Å²) in [6, 6.07) is 10.00. The summed E-state index contributed by atoms with van der Waals surface area (Å²) in [5.41, 5.74) is 3.07. The van der Waals surface area contributed by atoms with E-state index in [9.17, 15) is 13.8 Å². The Morgan fingerprint density at radius 3 is 2.60 bits per heavy atom. The molecule has 35 heavy (non-hydrogen) atoms. The van der Waals surface area contributed by atoms with Gasteiger partial charge in [0.05, 0.1) is 22.7 Å². The lowest BCUT2D eigenvalue weighted by atomic mass is 9.83. The van der Waals surface area contributed by atoms with Gasteiger partial charge in [-0.25, -0.2) is 8.99 Å². The molecule has 0 aliphatic carbocycles. The molecule has 1 saturated heterocycles. The minimum absolute atomic E-state index is 0.0900. The van der Waals surface area contributed by atoms with Crippen LogP contribution in [-0.2, 0) is 9.92 Å². The van der Waals surface area contributed by atoms with Gasteiger partial charge in [-0.05, 0) is 55.9 Å². The van der Waals surface area contributed by atoms with Crippen LogP contribution >= 0.6 is 0 Å². The first-order valence-corrected chi connectivity index (χ1v) is 13.3. The molecule has 0 radical (unpaired) electrons. The van der Waals surface area contributed by atoms with Crippen LogP contribution in [0.1, 0.15) is 61.1 Å². The molecular formula is C26H30N4O4S. The van der Waals surface area contributed by atoms with Crippen LogP contribution in [0.15, 0.2) is 50.5 Å². The fraction of sp³-hybridized carbons (Fsp3) is 0.385. The zero-order valence-corrected chi connectivity index (χ0v) is 21.2. The van der Waals surface area contributed by atoms with Crippen molar-refractivity contribution >= 4 is 38.4 Å². The van der Waals surface area contributed by atoms with Gasteiger partial charge >= 0.3 is 0 Å². The molecule has 2 atom stereocenters. The monoisotopic (exact) mass is 494 g/mol. The number of piperidine rings is 1. The lowest BCUT2D eigenvalue weighted by molar-refractivity contribution is 0.0985. The fourth-order valence-electron chi connectivity index (χ4n) is 4.92. The molecule has 1 fully saturated rings. The molecule has 0 saturated carbocycles. The van der Waals surface area contributed by atoms with Gasteiger partial charge in [0.15, 0.2) is 21.2 Å². The van der Waals surface area contributed by atoms with E-state index in [0.29, 0.717) is 22.5 Å². The Labute approximate surface area is 204 Å².